The second-order valence-corrected chi connectivity index (χ2v) is 5.91. The minimum absolute atomic E-state index is 0.0101. The van der Waals surface area contributed by atoms with E-state index in [0.29, 0.717) is 12.2 Å². The number of nitrogens with zero attached hydrogens (tertiary/aromatic N) is 3. The first-order valence-electron chi connectivity index (χ1n) is 8.67. The summed E-state index contributed by atoms with van der Waals surface area (Å²) in [6.45, 7) is 11.8. The number of hydrogen-bond acceptors (Lipinski definition) is 7. The van der Waals surface area contributed by atoms with Crippen LogP contribution >= 0.6 is 0 Å². The Bertz CT molecular complexity index is 804. The average Bonchev–Trinajstić information content (AvgIpc) is 2.71. The highest BCUT2D eigenvalue weighted by Gasteiger charge is 2.18. The van der Waals surface area contributed by atoms with Gasteiger partial charge in [0.2, 0.25) is 0 Å². The number of aliphatic imine (C=N–C) groups is 1. The van der Waals surface area contributed by atoms with Gasteiger partial charge in [-0.1, -0.05) is 37.8 Å². The van der Waals surface area contributed by atoms with E-state index in [9.17, 15) is 4.91 Å². The topological polar surface area (TPSA) is 89.5 Å². The number of methoxy groups -OCH3 is 2. The maximum Gasteiger partial charge on any atom is 0.157 e. The van der Waals surface area contributed by atoms with Crippen molar-refractivity contribution < 1.29 is 9.47 Å². The van der Waals surface area contributed by atoms with Crippen LogP contribution in [0, 0.1) is 35.0 Å². The van der Waals surface area contributed by atoms with Crippen LogP contribution in [0.25, 0.3) is 0 Å². The summed E-state index contributed by atoms with van der Waals surface area (Å²) in [5, 5.41) is 4.29. The zero-order valence-electron chi connectivity index (χ0n) is 17.4. The van der Waals surface area contributed by atoms with Crippen LogP contribution in [0.1, 0.15) is 13.8 Å². The molecule has 0 amide bonds. The van der Waals surface area contributed by atoms with Crippen molar-refractivity contribution in [2.75, 3.05) is 20.8 Å². The fourth-order valence-corrected chi connectivity index (χ4v) is 2.16. The van der Waals surface area contributed by atoms with Gasteiger partial charge in [-0.15, -0.1) is 11.3 Å². The van der Waals surface area contributed by atoms with Crippen molar-refractivity contribution in [1.29, 1.82) is 0 Å². The highest BCUT2D eigenvalue weighted by Crippen LogP contribution is 2.18. The molecule has 0 heterocycles. The molecular formula is C22H28N4O3. The molecule has 29 heavy (non-hydrogen) atoms. The van der Waals surface area contributed by atoms with Crippen LogP contribution in [0.5, 0.6) is 0 Å². The molecule has 0 aliphatic rings. The third kappa shape index (κ3) is 9.92. The Hall–Kier alpha value is -3.39. The van der Waals surface area contributed by atoms with E-state index in [-0.39, 0.29) is 23.4 Å². The molecule has 0 aromatic rings. The minimum atomic E-state index is -0.140. The van der Waals surface area contributed by atoms with Gasteiger partial charge in [0.15, 0.2) is 5.70 Å². The molecule has 0 aliphatic heterocycles. The van der Waals surface area contributed by atoms with Gasteiger partial charge in [0.1, 0.15) is 5.76 Å². The maximum absolute atomic E-state index is 10.7. The van der Waals surface area contributed by atoms with E-state index in [4.69, 9.17) is 21.7 Å². The van der Waals surface area contributed by atoms with Crippen LogP contribution in [-0.4, -0.2) is 38.1 Å². The van der Waals surface area contributed by atoms with Crippen LogP contribution in [-0.2, 0) is 9.47 Å². The summed E-state index contributed by atoms with van der Waals surface area (Å²) in [5.41, 5.74) is 1.41. The maximum atomic E-state index is 10.7. The van der Waals surface area contributed by atoms with E-state index in [1.807, 2.05) is 13.8 Å². The third-order valence-electron chi connectivity index (χ3n) is 3.79. The molecule has 2 N–H and O–H groups in total. The summed E-state index contributed by atoms with van der Waals surface area (Å²) in [4.78, 5) is 14.7. The first-order chi connectivity index (χ1) is 13.8. The predicted octanol–water partition coefficient (Wildman–Crippen LogP) is 3.30. The van der Waals surface area contributed by atoms with E-state index in [1.54, 1.807) is 19.4 Å². The second-order valence-electron chi connectivity index (χ2n) is 5.91. The molecule has 0 aromatic carbocycles. The summed E-state index contributed by atoms with van der Waals surface area (Å²) < 4.78 is 10.0. The number of rotatable bonds is 11. The molecule has 2 unspecified atom stereocenters. The number of ether oxygens (including phenoxy) is 2. The van der Waals surface area contributed by atoms with Crippen molar-refractivity contribution in [2.24, 2.45) is 21.9 Å². The largest absolute Gasteiger partial charge is 0.495 e. The standard InChI is InChI=1S/C22H28N4O3/c1-8-10-21(18(3)16-28-6)19(4)26(23)14-13-24-15-17(2)11-9-12-22(25-27)20(5)29-7/h1,10,12-15,18-19H,2,5,16,23H2,3-4,6-7H3/b14-13+,21-10+,22-12+,24-15-. The molecule has 2 atom stereocenters. The van der Waals surface area contributed by atoms with Crippen molar-refractivity contribution in [1.82, 2.24) is 5.01 Å². The molecule has 0 spiro atoms. The Labute approximate surface area is 173 Å². The molecule has 0 aromatic heterocycles. The van der Waals surface area contributed by atoms with Crippen molar-refractivity contribution in [2.45, 2.75) is 19.9 Å². The summed E-state index contributed by atoms with van der Waals surface area (Å²) in [6.07, 6.45) is 13.0. The predicted molar refractivity (Wildman–Crippen MR) is 118 cm³/mol. The Balaban J connectivity index is 4.97. The van der Waals surface area contributed by atoms with E-state index >= 15 is 0 Å². The lowest BCUT2D eigenvalue weighted by Crippen LogP contribution is -2.37. The fraction of sp³-hybridized carbons (Fsp3) is 0.318. The first kappa shape index (κ1) is 25.6. The summed E-state index contributed by atoms with van der Waals surface area (Å²) in [7, 11) is 3.02. The van der Waals surface area contributed by atoms with Crippen LogP contribution in [0.3, 0.4) is 0 Å². The highest BCUT2D eigenvalue weighted by atomic mass is 16.5. The monoisotopic (exact) mass is 396 g/mol. The van der Waals surface area contributed by atoms with Crippen molar-refractivity contribution >= 4 is 6.21 Å². The number of nitroso groups, excluding NO2 is 1. The van der Waals surface area contributed by atoms with Gasteiger partial charge in [-0.2, -0.15) is 0 Å². The van der Waals surface area contributed by atoms with E-state index in [1.165, 1.54) is 30.6 Å². The SMILES string of the molecule is C#C/C=C(\C(C)COC)C(C)N(N)/C=C/N=C\C(=C)C#C/C=C(/N=O)C(=C)OC. The first-order valence-corrected chi connectivity index (χ1v) is 8.67. The molecule has 7 nitrogen and oxygen atoms in total. The minimum Gasteiger partial charge on any atom is -0.495 e. The van der Waals surface area contributed by atoms with Gasteiger partial charge < -0.3 is 14.5 Å². The Kier molecular flexibility index (Phi) is 12.9. The van der Waals surface area contributed by atoms with Crippen LogP contribution in [0.4, 0.5) is 0 Å². The molecule has 0 saturated carbocycles. The quantitative estimate of drug-likeness (QED) is 0.110. The van der Waals surface area contributed by atoms with E-state index < -0.39 is 0 Å². The molecule has 0 rings (SSSR count). The molecular weight excluding hydrogens is 368 g/mol. The van der Waals surface area contributed by atoms with E-state index in [2.05, 4.69) is 41.1 Å². The molecule has 0 bridgehead atoms. The summed E-state index contributed by atoms with van der Waals surface area (Å²) in [6, 6.07) is -0.140. The smallest absolute Gasteiger partial charge is 0.157 e. The summed E-state index contributed by atoms with van der Waals surface area (Å²) >= 11 is 0. The van der Waals surface area contributed by atoms with Gasteiger partial charge in [0.25, 0.3) is 0 Å². The van der Waals surface area contributed by atoms with Crippen molar-refractivity contribution in [3.8, 4) is 24.2 Å². The molecule has 0 radical (unpaired) electrons. The molecule has 0 fully saturated rings. The summed E-state index contributed by atoms with van der Waals surface area (Å²) in [5.74, 6) is 14.2. The fourth-order valence-electron chi connectivity index (χ4n) is 2.16. The normalized spacial score (nSPS) is 13.9. The van der Waals surface area contributed by atoms with Gasteiger partial charge in [0.05, 0.1) is 19.8 Å². The second kappa shape index (κ2) is 14.6. The number of terminal acetylenes is 1. The van der Waals surface area contributed by atoms with Gasteiger partial charge in [-0.3, -0.25) is 4.99 Å². The van der Waals surface area contributed by atoms with Crippen LogP contribution < -0.4 is 5.84 Å². The van der Waals surface area contributed by atoms with Gasteiger partial charge >= 0.3 is 0 Å². The van der Waals surface area contributed by atoms with Gasteiger partial charge in [-0.05, 0) is 23.7 Å². The van der Waals surface area contributed by atoms with Crippen LogP contribution in [0.2, 0.25) is 0 Å². The van der Waals surface area contributed by atoms with E-state index in [0.717, 1.165) is 5.57 Å². The highest BCUT2D eigenvalue weighted by molar-refractivity contribution is 5.84. The Morgan fingerprint density at radius 2 is 2.00 bits per heavy atom. The third-order valence-corrected chi connectivity index (χ3v) is 3.79. The number of nitrogens with two attached hydrogens (primary N) is 1. The Morgan fingerprint density at radius 1 is 1.31 bits per heavy atom. The lowest BCUT2D eigenvalue weighted by Gasteiger charge is -2.28. The van der Waals surface area contributed by atoms with Gasteiger partial charge in [-0.25, -0.2) is 5.84 Å². The molecule has 154 valence electrons. The number of hydrazine groups is 1. The van der Waals surface area contributed by atoms with Crippen LogP contribution in [0.15, 0.2) is 70.5 Å². The average molecular weight is 396 g/mol. The Morgan fingerprint density at radius 3 is 2.55 bits per heavy atom. The lowest BCUT2D eigenvalue weighted by molar-refractivity contribution is 0.164. The van der Waals surface area contributed by atoms with Crippen molar-refractivity contribution in [3.63, 3.8) is 0 Å². The zero-order chi connectivity index (χ0) is 22.2. The van der Waals surface area contributed by atoms with Crippen molar-refractivity contribution in [3.05, 3.63) is 65.2 Å². The van der Waals surface area contributed by atoms with Gasteiger partial charge in [0, 0.05) is 43.3 Å². The molecule has 7 heteroatoms. The number of hydrogen-bond donors (Lipinski definition) is 1. The number of allylic oxidation sites excluding steroid dienone is 3. The lowest BCUT2D eigenvalue weighted by atomic mass is 9.95. The molecule has 0 aliphatic carbocycles. The zero-order valence-corrected chi connectivity index (χ0v) is 17.4. The molecule has 0 saturated heterocycles.